The van der Waals surface area contributed by atoms with Crippen LogP contribution in [0.3, 0.4) is 0 Å². The van der Waals surface area contributed by atoms with Crippen molar-refractivity contribution in [2.45, 2.75) is 20.4 Å². The maximum Gasteiger partial charge on any atom is 0.272 e. The number of aromatic nitrogens is 2. The number of ether oxygens (including phenoxy) is 2. The molecule has 2 aromatic heterocycles. The number of hydrogen-bond donors (Lipinski definition) is 1. The maximum atomic E-state index is 12.9. The summed E-state index contributed by atoms with van der Waals surface area (Å²) in [5.74, 6) is 1.15. The van der Waals surface area contributed by atoms with Crippen LogP contribution >= 0.6 is 0 Å². The van der Waals surface area contributed by atoms with Crippen molar-refractivity contribution in [1.29, 1.82) is 0 Å². The number of anilines is 1. The van der Waals surface area contributed by atoms with Gasteiger partial charge in [0.1, 0.15) is 17.2 Å². The molecule has 0 spiro atoms. The highest BCUT2D eigenvalue weighted by molar-refractivity contribution is 6.07. The Bertz CT molecular complexity index is 1080. The van der Waals surface area contributed by atoms with Crippen LogP contribution in [-0.2, 0) is 13.6 Å². The third kappa shape index (κ3) is 3.60. The topological polar surface area (TPSA) is 74.5 Å². The molecule has 7 nitrogen and oxygen atoms in total. The first-order valence-electron chi connectivity index (χ1n) is 9.08. The van der Waals surface area contributed by atoms with Crippen molar-refractivity contribution in [1.82, 2.24) is 9.13 Å². The Kier molecular flexibility index (Phi) is 5.44. The van der Waals surface area contributed by atoms with Crippen LogP contribution in [0.25, 0.3) is 10.9 Å². The van der Waals surface area contributed by atoms with Gasteiger partial charge in [-0.2, -0.15) is 0 Å². The van der Waals surface area contributed by atoms with Crippen LogP contribution in [0, 0.1) is 5.92 Å². The van der Waals surface area contributed by atoms with E-state index in [4.69, 9.17) is 9.47 Å². The minimum Gasteiger partial charge on any atom is -0.497 e. The zero-order valence-electron chi connectivity index (χ0n) is 16.8. The number of aryl methyl sites for hydroxylation is 1. The highest BCUT2D eigenvalue weighted by Gasteiger charge is 2.18. The van der Waals surface area contributed by atoms with Gasteiger partial charge < -0.3 is 23.9 Å². The molecule has 0 unspecified atom stereocenters. The Balaban J connectivity index is 1.97. The van der Waals surface area contributed by atoms with Crippen LogP contribution in [0.2, 0.25) is 0 Å². The Hall–Kier alpha value is -3.22. The quantitative estimate of drug-likeness (QED) is 0.709. The molecule has 0 atom stereocenters. The van der Waals surface area contributed by atoms with Crippen LogP contribution in [0.5, 0.6) is 11.5 Å². The van der Waals surface area contributed by atoms with E-state index < -0.39 is 0 Å². The van der Waals surface area contributed by atoms with Gasteiger partial charge in [0, 0.05) is 25.9 Å². The Labute approximate surface area is 163 Å². The van der Waals surface area contributed by atoms with E-state index in [9.17, 15) is 9.59 Å². The number of hydrogen-bond acceptors (Lipinski definition) is 4. The van der Waals surface area contributed by atoms with E-state index in [1.807, 2.05) is 6.07 Å². The number of carbonyl (C=O) groups excluding carboxylic acids is 1. The van der Waals surface area contributed by atoms with Gasteiger partial charge in [-0.1, -0.05) is 13.8 Å². The predicted molar refractivity (Wildman–Crippen MR) is 110 cm³/mol. The number of benzene rings is 1. The first-order valence-corrected chi connectivity index (χ1v) is 9.08. The normalized spacial score (nSPS) is 11.1. The fourth-order valence-corrected chi connectivity index (χ4v) is 3.22. The highest BCUT2D eigenvalue weighted by atomic mass is 16.5. The lowest BCUT2D eigenvalue weighted by Crippen LogP contribution is -2.21. The molecule has 0 saturated carbocycles. The van der Waals surface area contributed by atoms with Crippen molar-refractivity contribution in [2.75, 3.05) is 19.5 Å². The van der Waals surface area contributed by atoms with E-state index in [-0.39, 0.29) is 11.5 Å². The zero-order valence-corrected chi connectivity index (χ0v) is 16.8. The third-order valence-electron chi connectivity index (χ3n) is 4.63. The lowest BCUT2D eigenvalue weighted by molar-refractivity contribution is 0.101. The van der Waals surface area contributed by atoms with E-state index >= 15 is 0 Å². The molecule has 0 saturated heterocycles. The zero-order chi connectivity index (χ0) is 20.4. The summed E-state index contributed by atoms with van der Waals surface area (Å²) in [5.41, 5.74) is 1.54. The molecule has 2 heterocycles. The highest BCUT2D eigenvalue weighted by Crippen LogP contribution is 2.29. The molecule has 0 aliphatic rings. The van der Waals surface area contributed by atoms with Gasteiger partial charge in [0.25, 0.3) is 11.5 Å². The SMILES string of the molecule is COc1ccc(NC(=O)c2cc3c(=O)n(CC(C)C)ccc3n2C)c(OC)c1. The second-order valence-corrected chi connectivity index (χ2v) is 7.07. The molecule has 1 aromatic carbocycles. The van der Waals surface area contributed by atoms with Gasteiger partial charge in [-0.25, -0.2) is 0 Å². The first-order chi connectivity index (χ1) is 13.3. The minimum atomic E-state index is -0.322. The molecule has 0 radical (unpaired) electrons. The largest absolute Gasteiger partial charge is 0.497 e. The van der Waals surface area contributed by atoms with Crippen molar-refractivity contribution in [3.63, 3.8) is 0 Å². The maximum absolute atomic E-state index is 12.9. The van der Waals surface area contributed by atoms with Crippen molar-refractivity contribution >= 4 is 22.5 Å². The Morgan fingerprint density at radius 3 is 2.54 bits per heavy atom. The number of amides is 1. The lowest BCUT2D eigenvalue weighted by atomic mass is 10.2. The second-order valence-electron chi connectivity index (χ2n) is 7.07. The molecule has 0 aliphatic heterocycles. The van der Waals surface area contributed by atoms with Crippen LogP contribution < -0.4 is 20.3 Å². The third-order valence-corrected chi connectivity index (χ3v) is 4.63. The summed E-state index contributed by atoms with van der Waals surface area (Å²) < 4.78 is 13.9. The van der Waals surface area contributed by atoms with E-state index in [1.54, 1.807) is 53.8 Å². The van der Waals surface area contributed by atoms with Gasteiger partial charge in [-0.05, 0) is 30.2 Å². The molecule has 0 fully saturated rings. The molecule has 1 N–H and O–H groups in total. The van der Waals surface area contributed by atoms with Crippen LogP contribution in [0.4, 0.5) is 5.69 Å². The van der Waals surface area contributed by atoms with E-state index in [0.29, 0.717) is 40.7 Å². The monoisotopic (exact) mass is 383 g/mol. The summed E-state index contributed by atoms with van der Waals surface area (Å²) >= 11 is 0. The summed E-state index contributed by atoms with van der Waals surface area (Å²) in [7, 11) is 4.86. The molecule has 148 valence electrons. The Morgan fingerprint density at radius 2 is 1.89 bits per heavy atom. The van der Waals surface area contributed by atoms with Crippen molar-refractivity contribution < 1.29 is 14.3 Å². The number of nitrogens with one attached hydrogen (secondary N) is 1. The van der Waals surface area contributed by atoms with Crippen molar-refractivity contribution in [3.05, 3.63) is 52.6 Å². The molecule has 1 amide bonds. The van der Waals surface area contributed by atoms with Crippen LogP contribution in [0.15, 0.2) is 41.3 Å². The number of methoxy groups -OCH3 is 2. The van der Waals surface area contributed by atoms with E-state index in [1.165, 1.54) is 7.11 Å². The molecule has 0 bridgehead atoms. The van der Waals surface area contributed by atoms with Gasteiger partial charge >= 0.3 is 0 Å². The summed E-state index contributed by atoms with van der Waals surface area (Å²) in [6.45, 7) is 4.75. The van der Waals surface area contributed by atoms with Crippen molar-refractivity contribution in [3.8, 4) is 11.5 Å². The number of pyridine rings is 1. The van der Waals surface area contributed by atoms with Crippen molar-refractivity contribution in [2.24, 2.45) is 13.0 Å². The first kappa shape index (κ1) is 19.5. The number of fused-ring (bicyclic) bond motifs is 1. The fraction of sp³-hybridized carbons (Fsp3) is 0.333. The second kappa shape index (κ2) is 7.80. The average Bonchev–Trinajstić information content (AvgIpc) is 3.01. The van der Waals surface area contributed by atoms with Gasteiger partial charge in [-0.15, -0.1) is 0 Å². The smallest absolute Gasteiger partial charge is 0.272 e. The molecule has 28 heavy (non-hydrogen) atoms. The summed E-state index contributed by atoms with van der Waals surface area (Å²) in [4.78, 5) is 25.6. The van der Waals surface area contributed by atoms with Gasteiger partial charge in [0.2, 0.25) is 0 Å². The lowest BCUT2D eigenvalue weighted by Gasteiger charge is -2.12. The Morgan fingerprint density at radius 1 is 1.14 bits per heavy atom. The molecule has 7 heteroatoms. The number of rotatable bonds is 6. The summed E-state index contributed by atoms with van der Waals surface area (Å²) in [6.07, 6.45) is 1.78. The number of carbonyl (C=O) groups is 1. The molecular formula is C21H25N3O4. The fourth-order valence-electron chi connectivity index (χ4n) is 3.22. The minimum absolute atomic E-state index is 0.0946. The van der Waals surface area contributed by atoms with Crippen LogP contribution in [0.1, 0.15) is 24.3 Å². The van der Waals surface area contributed by atoms with Gasteiger partial charge in [0.15, 0.2) is 0 Å². The summed E-state index contributed by atoms with van der Waals surface area (Å²) in [5, 5.41) is 3.37. The molecular weight excluding hydrogens is 358 g/mol. The average molecular weight is 383 g/mol. The van der Waals surface area contributed by atoms with Gasteiger partial charge in [0.05, 0.1) is 30.8 Å². The standard InChI is InChI=1S/C21H25N3O4/c1-13(2)12-24-9-8-17-15(21(24)26)11-18(23(17)3)20(25)22-16-7-6-14(27-4)10-19(16)28-5/h6-11,13H,12H2,1-5H3,(H,22,25). The molecule has 3 aromatic rings. The van der Waals surface area contributed by atoms with Gasteiger partial charge in [-0.3, -0.25) is 9.59 Å². The predicted octanol–water partition coefficient (Wildman–Crippen LogP) is 3.27. The number of nitrogens with zero attached hydrogens (tertiary/aromatic N) is 2. The molecule has 3 rings (SSSR count). The van der Waals surface area contributed by atoms with E-state index in [0.717, 1.165) is 5.52 Å². The van der Waals surface area contributed by atoms with E-state index in [2.05, 4.69) is 19.2 Å². The summed E-state index contributed by atoms with van der Waals surface area (Å²) in [6, 6.07) is 8.66. The van der Waals surface area contributed by atoms with Crippen LogP contribution in [-0.4, -0.2) is 29.3 Å². The molecule has 0 aliphatic carbocycles.